The smallest absolute Gasteiger partial charge is 0.306 e. The van der Waals surface area contributed by atoms with E-state index in [1.165, 1.54) is 103 Å². The normalized spacial score (nSPS) is 12.9. The molecule has 1 atom stereocenters. The summed E-state index contributed by atoms with van der Waals surface area (Å²) in [4.78, 5) is 38.2. The summed E-state index contributed by atoms with van der Waals surface area (Å²) in [5.41, 5.74) is 0. The van der Waals surface area contributed by atoms with E-state index in [4.69, 9.17) is 14.2 Å². The van der Waals surface area contributed by atoms with Gasteiger partial charge in [0.2, 0.25) is 0 Å². The topological polar surface area (TPSA) is 78.9 Å². The average molecular weight is 986 g/mol. The lowest BCUT2D eigenvalue weighted by Gasteiger charge is -2.18. The summed E-state index contributed by atoms with van der Waals surface area (Å²) in [6.45, 7) is 6.44. The number of carbonyl (C=O) groups is 3. The molecule has 0 radical (unpaired) electrons. The molecule has 0 saturated heterocycles. The Labute approximate surface area is 438 Å². The van der Waals surface area contributed by atoms with Gasteiger partial charge in [-0.2, -0.15) is 0 Å². The van der Waals surface area contributed by atoms with Crippen molar-refractivity contribution in [3.05, 3.63) is 109 Å². The Balaban J connectivity index is 4.49. The first-order valence-electron chi connectivity index (χ1n) is 29.4. The number of carbonyl (C=O) groups excluding carboxylic acids is 3. The van der Waals surface area contributed by atoms with E-state index < -0.39 is 6.10 Å². The molecule has 0 aromatic rings. The fourth-order valence-corrected chi connectivity index (χ4v) is 7.81. The molecule has 71 heavy (non-hydrogen) atoms. The van der Waals surface area contributed by atoms with Gasteiger partial charge in [0.15, 0.2) is 6.10 Å². The predicted octanol–water partition coefficient (Wildman–Crippen LogP) is 19.9. The first-order chi connectivity index (χ1) is 35.0. The average Bonchev–Trinajstić information content (AvgIpc) is 3.37. The fraction of sp³-hybridized carbons (Fsp3) is 0.677. The molecule has 0 fully saturated rings. The minimum atomic E-state index is -0.807. The van der Waals surface area contributed by atoms with Crippen LogP contribution in [-0.4, -0.2) is 37.2 Å². The van der Waals surface area contributed by atoms with Crippen LogP contribution in [0, 0.1) is 0 Å². The number of hydrogen-bond donors (Lipinski definition) is 0. The third-order valence-corrected chi connectivity index (χ3v) is 12.2. The third kappa shape index (κ3) is 56.9. The summed E-state index contributed by atoms with van der Waals surface area (Å²) in [7, 11) is 0. The number of rotatable bonds is 52. The van der Waals surface area contributed by atoms with Crippen molar-refractivity contribution >= 4 is 17.9 Å². The minimum Gasteiger partial charge on any atom is -0.462 e. The SMILES string of the molecule is CC/C=C\C/C=C\C/C=C\C/C=C\C/C=C\C/C=C\CCCCC(=O)OCC(COC(=O)CCCCCCC/C=C\C/C=C\CCCC)OC(=O)CCCCCCCCC/C=C\CCCCCCCCC. The van der Waals surface area contributed by atoms with Crippen molar-refractivity contribution in [2.24, 2.45) is 0 Å². The highest BCUT2D eigenvalue weighted by Crippen LogP contribution is 2.14. The molecule has 0 aliphatic rings. The van der Waals surface area contributed by atoms with Crippen LogP contribution < -0.4 is 0 Å². The van der Waals surface area contributed by atoms with Crippen LogP contribution in [0.15, 0.2) is 109 Å². The lowest BCUT2D eigenvalue weighted by molar-refractivity contribution is -0.167. The Bertz CT molecular complexity index is 1460. The van der Waals surface area contributed by atoms with Crippen LogP contribution in [0.4, 0.5) is 0 Å². The van der Waals surface area contributed by atoms with Crippen LogP contribution in [0.25, 0.3) is 0 Å². The monoisotopic (exact) mass is 985 g/mol. The van der Waals surface area contributed by atoms with E-state index in [1.54, 1.807) is 0 Å². The van der Waals surface area contributed by atoms with Gasteiger partial charge >= 0.3 is 17.9 Å². The van der Waals surface area contributed by atoms with Gasteiger partial charge in [-0.15, -0.1) is 0 Å². The van der Waals surface area contributed by atoms with Gasteiger partial charge in [-0.05, 0) is 122 Å². The molecule has 6 nitrogen and oxygen atoms in total. The van der Waals surface area contributed by atoms with Gasteiger partial charge in [0, 0.05) is 19.3 Å². The molecule has 0 aromatic heterocycles. The highest BCUT2D eigenvalue weighted by molar-refractivity contribution is 5.71. The molecule has 0 heterocycles. The summed E-state index contributed by atoms with van der Waals surface area (Å²) in [6, 6.07) is 0. The van der Waals surface area contributed by atoms with Crippen LogP contribution in [0.3, 0.4) is 0 Å². The molecule has 1 unspecified atom stereocenters. The summed E-state index contributed by atoms with van der Waals surface area (Å²) < 4.78 is 16.8. The van der Waals surface area contributed by atoms with Crippen molar-refractivity contribution in [3.63, 3.8) is 0 Å². The second-order valence-electron chi connectivity index (χ2n) is 19.2. The number of ether oxygens (including phenoxy) is 3. The number of allylic oxidation sites excluding steroid dienone is 18. The molecule has 0 spiro atoms. The van der Waals surface area contributed by atoms with Crippen molar-refractivity contribution < 1.29 is 28.6 Å². The van der Waals surface area contributed by atoms with Gasteiger partial charge in [0.05, 0.1) is 0 Å². The summed E-state index contributed by atoms with van der Waals surface area (Å²) >= 11 is 0. The Hall–Kier alpha value is -3.93. The molecule has 404 valence electrons. The highest BCUT2D eigenvalue weighted by atomic mass is 16.6. The first-order valence-corrected chi connectivity index (χ1v) is 29.4. The summed E-state index contributed by atoms with van der Waals surface area (Å²) in [5, 5.41) is 0. The largest absolute Gasteiger partial charge is 0.462 e. The fourth-order valence-electron chi connectivity index (χ4n) is 7.81. The van der Waals surface area contributed by atoms with Gasteiger partial charge < -0.3 is 14.2 Å². The lowest BCUT2D eigenvalue weighted by atomic mass is 10.1. The minimum absolute atomic E-state index is 0.102. The molecule has 0 aliphatic heterocycles. The predicted molar refractivity (Wildman–Crippen MR) is 307 cm³/mol. The van der Waals surface area contributed by atoms with E-state index in [-0.39, 0.29) is 31.1 Å². The summed E-state index contributed by atoms with van der Waals surface area (Å²) in [5.74, 6) is -0.962. The maximum Gasteiger partial charge on any atom is 0.306 e. The van der Waals surface area contributed by atoms with Crippen molar-refractivity contribution in [1.82, 2.24) is 0 Å². The molecule has 0 amide bonds. The first kappa shape index (κ1) is 67.1. The van der Waals surface area contributed by atoms with E-state index in [9.17, 15) is 14.4 Å². The highest BCUT2D eigenvalue weighted by Gasteiger charge is 2.19. The molecule has 0 bridgehead atoms. The molecule has 6 heteroatoms. The van der Waals surface area contributed by atoms with Crippen LogP contribution >= 0.6 is 0 Å². The van der Waals surface area contributed by atoms with Gasteiger partial charge in [-0.3, -0.25) is 14.4 Å². The zero-order valence-corrected chi connectivity index (χ0v) is 46.2. The molecular formula is C65H108O6. The standard InChI is InChI=1S/C65H108O6/c1-4-7-10-13-16-19-22-25-28-30-32-33-34-36-37-40-43-46-49-52-55-58-64(67)70-61-62(60-69-63(66)57-54-51-48-45-42-39-27-24-21-18-15-12-9-6-3)71-65(68)59-56-53-50-47-44-41-38-35-31-29-26-23-20-17-14-11-8-5-2/h7,10,15-16,18-19,24-25,27-29,31-33,36-37,43,46,62H,4-6,8-9,11-14,17,20-23,26,30,34-35,38-42,44-45,47-61H2,1-3H3/b10-7-,18-15-,19-16-,27-24-,28-25-,31-29-,33-32-,37-36-,46-43-. The quantitative estimate of drug-likeness (QED) is 0.0261. The Morgan fingerprint density at radius 1 is 0.296 bits per heavy atom. The number of unbranched alkanes of at least 4 members (excludes halogenated alkanes) is 23. The lowest BCUT2D eigenvalue weighted by Crippen LogP contribution is -2.30. The molecule has 0 saturated carbocycles. The van der Waals surface area contributed by atoms with Crippen molar-refractivity contribution in [2.45, 2.75) is 271 Å². The van der Waals surface area contributed by atoms with E-state index in [2.05, 4.69) is 130 Å². The van der Waals surface area contributed by atoms with E-state index >= 15 is 0 Å². The van der Waals surface area contributed by atoms with Crippen molar-refractivity contribution in [2.75, 3.05) is 13.2 Å². The molecular weight excluding hydrogens is 877 g/mol. The molecule has 0 rings (SSSR count). The summed E-state index contributed by atoms with van der Waals surface area (Å²) in [6.07, 6.45) is 79.3. The Morgan fingerprint density at radius 2 is 0.563 bits per heavy atom. The Kier molecular flexibility index (Phi) is 55.4. The third-order valence-electron chi connectivity index (χ3n) is 12.2. The van der Waals surface area contributed by atoms with E-state index in [0.29, 0.717) is 25.7 Å². The van der Waals surface area contributed by atoms with Crippen molar-refractivity contribution in [1.29, 1.82) is 0 Å². The van der Waals surface area contributed by atoms with Crippen LogP contribution in [0.2, 0.25) is 0 Å². The number of esters is 3. The maximum absolute atomic E-state index is 12.9. The van der Waals surface area contributed by atoms with E-state index in [1.807, 2.05) is 0 Å². The van der Waals surface area contributed by atoms with Crippen LogP contribution in [0.1, 0.15) is 265 Å². The second-order valence-corrected chi connectivity index (χ2v) is 19.2. The number of hydrogen-bond acceptors (Lipinski definition) is 6. The van der Waals surface area contributed by atoms with Gasteiger partial charge in [0.25, 0.3) is 0 Å². The second kappa shape index (κ2) is 58.6. The van der Waals surface area contributed by atoms with Gasteiger partial charge in [0.1, 0.15) is 13.2 Å². The van der Waals surface area contributed by atoms with Gasteiger partial charge in [-0.1, -0.05) is 233 Å². The van der Waals surface area contributed by atoms with Crippen molar-refractivity contribution in [3.8, 4) is 0 Å². The van der Waals surface area contributed by atoms with Gasteiger partial charge in [-0.25, -0.2) is 0 Å². The Morgan fingerprint density at radius 3 is 0.944 bits per heavy atom. The van der Waals surface area contributed by atoms with Crippen LogP contribution in [-0.2, 0) is 28.6 Å². The zero-order valence-electron chi connectivity index (χ0n) is 46.2. The molecule has 0 N–H and O–H groups in total. The molecule has 0 aromatic carbocycles. The zero-order chi connectivity index (χ0) is 51.4. The van der Waals surface area contributed by atoms with Crippen LogP contribution in [0.5, 0.6) is 0 Å². The molecule has 0 aliphatic carbocycles. The van der Waals surface area contributed by atoms with E-state index in [0.717, 1.165) is 116 Å². The maximum atomic E-state index is 12.9.